The fraction of sp³-hybridized carbons (Fsp3) is 0.619. The summed E-state index contributed by atoms with van der Waals surface area (Å²) in [5.41, 5.74) is 1.71. The minimum absolute atomic E-state index is 0. The van der Waals surface area contributed by atoms with Crippen LogP contribution < -0.4 is 16.0 Å². The highest BCUT2D eigenvalue weighted by Crippen LogP contribution is 2.07. The first-order valence-corrected chi connectivity index (χ1v) is 10.4. The molecule has 0 saturated carbocycles. The first-order valence-electron chi connectivity index (χ1n) is 10.4. The number of nitrogens with one attached hydrogen (secondary N) is 3. The fourth-order valence-electron chi connectivity index (χ4n) is 3.00. The second-order valence-corrected chi connectivity index (χ2v) is 6.89. The molecule has 3 N–H and O–H groups in total. The minimum atomic E-state index is -0.0270. The lowest BCUT2D eigenvalue weighted by molar-refractivity contribution is 0.0376. The molecule has 2 rings (SSSR count). The van der Waals surface area contributed by atoms with Crippen molar-refractivity contribution in [1.82, 2.24) is 20.9 Å². The number of hydrogen-bond donors (Lipinski definition) is 3. The molecule has 164 valence electrons. The molecule has 0 aromatic heterocycles. The summed E-state index contributed by atoms with van der Waals surface area (Å²) >= 11 is 0. The summed E-state index contributed by atoms with van der Waals surface area (Å²) in [4.78, 5) is 19.2. The van der Waals surface area contributed by atoms with Gasteiger partial charge in [-0.1, -0.05) is 19.1 Å². The first-order chi connectivity index (χ1) is 13.7. The van der Waals surface area contributed by atoms with Gasteiger partial charge in [0.05, 0.1) is 19.8 Å². The van der Waals surface area contributed by atoms with Gasteiger partial charge in [0.15, 0.2) is 5.96 Å². The van der Waals surface area contributed by atoms with Gasteiger partial charge in [-0.2, -0.15) is 0 Å². The maximum atomic E-state index is 12.1. The number of halogens is 1. The summed E-state index contributed by atoms with van der Waals surface area (Å²) in [7, 11) is 0. The number of amides is 1. The molecule has 1 amide bonds. The zero-order chi connectivity index (χ0) is 20.0. The van der Waals surface area contributed by atoms with Gasteiger partial charge >= 0.3 is 0 Å². The number of rotatable bonds is 10. The molecule has 1 fully saturated rings. The molecule has 0 aliphatic carbocycles. The van der Waals surface area contributed by atoms with Crippen molar-refractivity contribution in [3.63, 3.8) is 0 Å². The van der Waals surface area contributed by atoms with Crippen molar-refractivity contribution in [3.05, 3.63) is 35.4 Å². The van der Waals surface area contributed by atoms with Crippen LogP contribution in [0.5, 0.6) is 0 Å². The number of ether oxygens (including phenoxy) is 1. The third-order valence-electron chi connectivity index (χ3n) is 4.54. The predicted octanol–water partition coefficient (Wildman–Crippen LogP) is 2.22. The minimum Gasteiger partial charge on any atom is -0.379 e. The van der Waals surface area contributed by atoms with Gasteiger partial charge in [-0.25, -0.2) is 4.99 Å². The molecule has 0 radical (unpaired) electrons. The van der Waals surface area contributed by atoms with Crippen LogP contribution in [-0.2, 0) is 11.3 Å². The van der Waals surface area contributed by atoms with Crippen molar-refractivity contribution in [3.8, 4) is 0 Å². The number of nitrogens with zero attached hydrogens (tertiary/aromatic N) is 2. The van der Waals surface area contributed by atoms with Crippen molar-refractivity contribution in [2.45, 2.75) is 33.2 Å². The number of carbonyl (C=O) groups excluding carboxylic acids is 1. The molecular formula is C21H36IN5O2. The lowest BCUT2D eigenvalue weighted by Crippen LogP contribution is -2.40. The van der Waals surface area contributed by atoms with E-state index in [2.05, 4.69) is 32.8 Å². The van der Waals surface area contributed by atoms with Gasteiger partial charge < -0.3 is 20.7 Å². The molecule has 29 heavy (non-hydrogen) atoms. The number of carbonyl (C=O) groups is 1. The van der Waals surface area contributed by atoms with Crippen molar-refractivity contribution in [2.24, 2.45) is 4.99 Å². The lowest BCUT2D eigenvalue weighted by Gasteiger charge is -2.26. The Balaban J connectivity index is 0.00000420. The summed E-state index contributed by atoms with van der Waals surface area (Å²) < 4.78 is 5.38. The highest BCUT2D eigenvalue weighted by molar-refractivity contribution is 14.0. The average molecular weight is 517 g/mol. The van der Waals surface area contributed by atoms with Crippen LogP contribution in [0.3, 0.4) is 0 Å². The maximum absolute atomic E-state index is 12.1. The van der Waals surface area contributed by atoms with Crippen LogP contribution >= 0.6 is 24.0 Å². The summed E-state index contributed by atoms with van der Waals surface area (Å²) in [6.07, 6.45) is 2.00. The van der Waals surface area contributed by atoms with E-state index in [-0.39, 0.29) is 29.9 Å². The van der Waals surface area contributed by atoms with E-state index in [0.717, 1.165) is 70.3 Å². The Morgan fingerprint density at radius 1 is 1.14 bits per heavy atom. The van der Waals surface area contributed by atoms with Gasteiger partial charge in [0.1, 0.15) is 0 Å². The number of guanidine groups is 1. The van der Waals surface area contributed by atoms with Crippen molar-refractivity contribution in [2.75, 3.05) is 52.5 Å². The van der Waals surface area contributed by atoms with E-state index in [9.17, 15) is 4.79 Å². The van der Waals surface area contributed by atoms with Crippen LogP contribution in [0.15, 0.2) is 29.3 Å². The van der Waals surface area contributed by atoms with E-state index in [1.165, 1.54) is 0 Å². The monoisotopic (exact) mass is 517 g/mol. The lowest BCUT2D eigenvalue weighted by atomic mass is 10.1. The van der Waals surface area contributed by atoms with Crippen LogP contribution in [0, 0.1) is 0 Å². The van der Waals surface area contributed by atoms with Gasteiger partial charge in [-0.15, -0.1) is 24.0 Å². The quantitative estimate of drug-likeness (QED) is 0.192. The molecule has 0 spiro atoms. The molecule has 0 bridgehead atoms. The summed E-state index contributed by atoms with van der Waals surface area (Å²) in [5, 5.41) is 9.59. The van der Waals surface area contributed by atoms with Crippen molar-refractivity contribution >= 4 is 35.8 Å². The maximum Gasteiger partial charge on any atom is 0.251 e. The van der Waals surface area contributed by atoms with Crippen LogP contribution in [0.4, 0.5) is 0 Å². The van der Waals surface area contributed by atoms with Crippen LogP contribution in [-0.4, -0.2) is 69.2 Å². The van der Waals surface area contributed by atoms with Gasteiger partial charge in [-0.05, 0) is 44.0 Å². The smallest absolute Gasteiger partial charge is 0.251 e. The normalized spacial score (nSPS) is 14.8. The molecule has 1 aliphatic rings. The van der Waals surface area contributed by atoms with Gasteiger partial charge in [0.2, 0.25) is 0 Å². The Labute approximate surface area is 192 Å². The Bertz CT molecular complexity index is 621. The van der Waals surface area contributed by atoms with Crippen molar-refractivity contribution < 1.29 is 9.53 Å². The molecule has 1 heterocycles. The summed E-state index contributed by atoms with van der Waals surface area (Å²) in [6.45, 7) is 11.8. The second-order valence-electron chi connectivity index (χ2n) is 6.89. The molecule has 7 nitrogen and oxygen atoms in total. The fourth-order valence-corrected chi connectivity index (χ4v) is 3.00. The highest BCUT2D eigenvalue weighted by atomic mass is 127. The zero-order valence-electron chi connectivity index (χ0n) is 17.7. The predicted molar refractivity (Wildman–Crippen MR) is 129 cm³/mol. The SMILES string of the molecule is CCCNC(=O)c1cccc(CN=C(NCC)NCCCN2CCOCC2)c1.I. The molecular weight excluding hydrogens is 481 g/mol. The Morgan fingerprint density at radius 3 is 2.66 bits per heavy atom. The topological polar surface area (TPSA) is 78.0 Å². The molecule has 1 aliphatic heterocycles. The molecule has 8 heteroatoms. The largest absolute Gasteiger partial charge is 0.379 e. The van der Waals surface area contributed by atoms with Crippen LogP contribution in [0.2, 0.25) is 0 Å². The Hall–Kier alpha value is -1.39. The zero-order valence-corrected chi connectivity index (χ0v) is 20.0. The van der Waals surface area contributed by atoms with Gasteiger partial charge in [-0.3, -0.25) is 9.69 Å². The Kier molecular flexibility index (Phi) is 13.7. The highest BCUT2D eigenvalue weighted by Gasteiger charge is 2.09. The Morgan fingerprint density at radius 2 is 1.93 bits per heavy atom. The van der Waals surface area contributed by atoms with Gasteiger partial charge in [0, 0.05) is 38.3 Å². The average Bonchev–Trinajstić information content (AvgIpc) is 2.74. The van der Waals surface area contributed by atoms with Crippen molar-refractivity contribution in [1.29, 1.82) is 0 Å². The van der Waals surface area contributed by atoms with E-state index in [1.54, 1.807) is 0 Å². The van der Waals surface area contributed by atoms with Crippen LogP contribution in [0.1, 0.15) is 42.6 Å². The number of hydrogen-bond acceptors (Lipinski definition) is 4. The molecule has 1 aromatic carbocycles. The van der Waals surface area contributed by atoms with E-state index >= 15 is 0 Å². The molecule has 0 unspecified atom stereocenters. The van der Waals surface area contributed by atoms with E-state index in [0.29, 0.717) is 18.7 Å². The van der Waals surface area contributed by atoms with E-state index in [1.807, 2.05) is 31.2 Å². The number of benzene rings is 1. The number of aliphatic imine (C=N–C) groups is 1. The molecule has 1 saturated heterocycles. The van der Waals surface area contributed by atoms with E-state index in [4.69, 9.17) is 4.74 Å². The third-order valence-corrected chi connectivity index (χ3v) is 4.54. The van der Waals surface area contributed by atoms with Crippen LogP contribution in [0.25, 0.3) is 0 Å². The third kappa shape index (κ3) is 10.3. The molecule has 1 aromatic rings. The summed E-state index contributed by atoms with van der Waals surface area (Å²) in [6, 6.07) is 7.67. The van der Waals surface area contributed by atoms with E-state index < -0.39 is 0 Å². The summed E-state index contributed by atoms with van der Waals surface area (Å²) in [5.74, 6) is 0.783. The van der Waals surface area contributed by atoms with Gasteiger partial charge in [0.25, 0.3) is 5.91 Å². The number of morpholine rings is 1. The standard InChI is InChI=1S/C21H35N5O2.HI/c1-3-9-23-20(27)19-8-5-7-18(16-19)17-25-21(22-4-2)24-10-6-11-26-12-14-28-15-13-26;/h5,7-8,16H,3-4,6,9-15,17H2,1-2H3,(H,23,27)(H2,22,24,25);1H. The molecule has 0 atom stereocenters. The second kappa shape index (κ2) is 15.4. The first kappa shape index (κ1) is 25.6.